The van der Waals surface area contributed by atoms with Crippen molar-refractivity contribution in [2.75, 3.05) is 11.9 Å². The van der Waals surface area contributed by atoms with E-state index in [1.807, 2.05) is 60.7 Å². The second-order valence-corrected chi connectivity index (χ2v) is 3.92. The molecular formula is C15H15N3O. The number of para-hydroxylation sites is 1. The molecule has 2 aromatic rings. The van der Waals surface area contributed by atoms with Gasteiger partial charge in [-0.3, -0.25) is 4.79 Å². The Labute approximate surface area is 112 Å². The number of anilines is 1. The maximum atomic E-state index is 11.5. The molecule has 0 heterocycles. The van der Waals surface area contributed by atoms with Crippen LogP contribution in [0.15, 0.2) is 65.8 Å². The van der Waals surface area contributed by atoms with Gasteiger partial charge in [0.1, 0.15) is 0 Å². The van der Waals surface area contributed by atoms with Crippen LogP contribution in [0.1, 0.15) is 5.56 Å². The van der Waals surface area contributed by atoms with Gasteiger partial charge in [-0.1, -0.05) is 48.5 Å². The van der Waals surface area contributed by atoms with E-state index in [9.17, 15) is 4.79 Å². The number of rotatable bonds is 5. The summed E-state index contributed by atoms with van der Waals surface area (Å²) in [6.45, 7) is 0.191. The lowest BCUT2D eigenvalue weighted by atomic mass is 10.2. The van der Waals surface area contributed by atoms with Crippen LogP contribution < -0.4 is 10.7 Å². The van der Waals surface area contributed by atoms with Crippen molar-refractivity contribution in [1.82, 2.24) is 5.43 Å². The fourth-order valence-electron chi connectivity index (χ4n) is 1.50. The van der Waals surface area contributed by atoms with E-state index in [1.54, 1.807) is 6.21 Å². The Balaban J connectivity index is 1.75. The highest BCUT2D eigenvalue weighted by atomic mass is 16.2. The van der Waals surface area contributed by atoms with Crippen molar-refractivity contribution in [2.45, 2.75) is 0 Å². The Morgan fingerprint density at radius 3 is 2.32 bits per heavy atom. The molecule has 19 heavy (non-hydrogen) atoms. The van der Waals surface area contributed by atoms with Crippen LogP contribution in [0.3, 0.4) is 0 Å². The predicted molar refractivity (Wildman–Crippen MR) is 77.1 cm³/mol. The smallest absolute Gasteiger partial charge is 0.259 e. The molecule has 0 aliphatic carbocycles. The molecule has 0 bridgehead atoms. The molecular weight excluding hydrogens is 238 g/mol. The maximum Gasteiger partial charge on any atom is 0.259 e. The molecule has 4 heteroatoms. The van der Waals surface area contributed by atoms with E-state index in [4.69, 9.17) is 0 Å². The summed E-state index contributed by atoms with van der Waals surface area (Å²) in [5, 5.41) is 6.90. The molecule has 1 amide bonds. The number of hydrazone groups is 1. The van der Waals surface area contributed by atoms with Gasteiger partial charge in [-0.05, 0) is 17.7 Å². The summed E-state index contributed by atoms with van der Waals surface area (Å²) >= 11 is 0. The Morgan fingerprint density at radius 2 is 1.63 bits per heavy atom. The van der Waals surface area contributed by atoms with Gasteiger partial charge in [0.15, 0.2) is 0 Å². The van der Waals surface area contributed by atoms with E-state index in [-0.39, 0.29) is 12.5 Å². The summed E-state index contributed by atoms with van der Waals surface area (Å²) in [6.07, 6.45) is 1.61. The van der Waals surface area contributed by atoms with Gasteiger partial charge >= 0.3 is 0 Å². The van der Waals surface area contributed by atoms with Gasteiger partial charge < -0.3 is 5.32 Å². The highest BCUT2D eigenvalue weighted by Gasteiger charge is 1.98. The number of amides is 1. The highest BCUT2D eigenvalue weighted by Crippen LogP contribution is 2.03. The fourth-order valence-corrected chi connectivity index (χ4v) is 1.50. The van der Waals surface area contributed by atoms with E-state index in [2.05, 4.69) is 15.8 Å². The summed E-state index contributed by atoms with van der Waals surface area (Å²) in [5.41, 5.74) is 4.32. The predicted octanol–water partition coefficient (Wildman–Crippen LogP) is 2.25. The summed E-state index contributed by atoms with van der Waals surface area (Å²) in [4.78, 5) is 11.5. The van der Waals surface area contributed by atoms with Gasteiger partial charge in [-0.15, -0.1) is 0 Å². The molecule has 2 aromatic carbocycles. The summed E-state index contributed by atoms with van der Waals surface area (Å²) < 4.78 is 0. The Bertz CT molecular complexity index is 538. The van der Waals surface area contributed by atoms with Gasteiger partial charge in [0, 0.05) is 5.69 Å². The summed E-state index contributed by atoms with van der Waals surface area (Å²) in [5.74, 6) is -0.184. The minimum absolute atomic E-state index is 0.184. The van der Waals surface area contributed by atoms with Crippen molar-refractivity contribution in [3.63, 3.8) is 0 Å². The minimum Gasteiger partial charge on any atom is -0.376 e. The number of hydrogen-bond acceptors (Lipinski definition) is 3. The number of nitrogens with zero attached hydrogens (tertiary/aromatic N) is 1. The first-order chi connectivity index (χ1) is 9.34. The lowest BCUT2D eigenvalue weighted by molar-refractivity contribution is -0.119. The molecule has 0 aliphatic rings. The van der Waals surface area contributed by atoms with E-state index in [0.29, 0.717) is 0 Å². The third-order valence-corrected chi connectivity index (χ3v) is 2.43. The van der Waals surface area contributed by atoms with E-state index in [0.717, 1.165) is 11.3 Å². The SMILES string of the molecule is O=C(CNc1ccccc1)N/N=C\c1ccccc1. The number of carbonyl (C=O) groups excluding carboxylic acids is 1. The van der Waals surface area contributed by atoms with Gasteiger partial charge in [-0.2, -0.15) is 5.10 Å². The summed E-state index contributed by atoms with van der Waals surface area (Å²) in [7, 11) is 0. The molecule has 2 N–H and O–H groups in total. The zero-order chi connectivity index (χ0) is 13.3. The standard InChI is InChI=1S/C15H15N3O/c19-15(12-16-14-9-5-2-6-10-14)18-17-11-13-7-3-1-4-8-13/h1-11,16H,12H2,(H,18,19)/b17-11-. The number of nitrogens with one attached hydrogen (secondary N) is 2. The molecule has 0 saturated heterocycles. The third-order valence-electron chi connectivity index (χ3n) is 2.43. The zero-order valence-corrected chi connectivity index (χ0v) is 10.4. The Hall–Kier alpha value is -2.62. The molecule has 0 spiro atoms. The first-order valence-electron chi connectivity index (χ1n) is 6.00. The third kappa shape index (κ3) is 4.63. The monoisotopic (exact) mass is 253 g/mol. The molecule has 0 aromatic heterocycles. The molecule has 96 valence electrons. The first-order valence-corrected chi connectivity index (χ1v) is 6.00. The second kappa shape index (κ2) is 6.96. The minimum atomic E-state index is -0.184. The molecule has 0 aliphatic heterocycles. The van der Waals surface area contributed by atoms with E-state index < -0.39 is 0 Å². The zero-order valence-electron chi connectivity index (χ0n) is 10.4. The van der Waals surface area contributed by atoms with Crippen molar-refractivity contribution in [3.8, 4) is 0 Å². The van der Waals surface area contributed by atoms with Crippen molar-refractivity contribution in [2.24, 2.45) is 5.10 Å². The highest BCUT2D eigenvalue weighted by molar-refractivity contribution is 5.84. The molecule has 0 fully saturated rings. The Kier molecular flexibility index (Phi) is 4.70. The lowest BCUT2D eigenvalue weighted by Crippen LogP contribution is -2.25. The van der Waals surface area contributed by atoms with Crippen LogP contribution in [-0.2, 0) is 4.79 Å². The van der Waals surface area contributed by atoms with Crippen LogP contribution in [0.5, 0.6) is 0 Å². The second-order valence-electron chi connectivity index (χ2n) is 3.92. The fraction of sp³-hybridized carbons (Fsp3) is 0.0667. The van der Waals surface area contributed by atoms with Gasteiger partial charge in [0.2, 0.25) is 0 Å². The van der Waals surface area contributed by atoms with Crippen LogP contribution in [0.2, 0.25) is 0 Å². The Morgan fingerprint density at radius 1 is 1.00 bits per heavy atom. The van der Waals surface area contributed by atoms with Gasteiger partial charge in [0.25, 0.3) is 5.91 Å². The van der Waals surface area contributed by atoms with Crippen LogP contribution in [0, 0.1) is 0 Å². The largest absolute Gasteiger partial charge is 0.376 e. The molecule has 0 saturated carbocycles. The van der Waals surface area contributed by atoms with Gasteiger partial charge in [-0.25, -0.2) is 5.43 Å². The number of hydrogen-bond donors (Lipinski definition) is 2. The van der Waals surface area contributed by atoms with Crippen LogP contribution in [-0.4, -0.2) is 18.7 Å². The van der Waals surface area contributed by atoms with Crippen LogP contribution in [0.25, 0.3) is 0 Å². The van der Waals surface area contributed by atoms with Crippen LogP contribution in [0.4, 0.5) is 5.69 Å². The number of carbonyl (C=O) groups is 1. The number of benzene rings is 2. The van der Waals surface area contributed by atoms with Crippen molar-refractivity contribution in [1.29, 1.82) is 0 Å². The van der Waals surface area contributed by atoms with Crippen molar-refractivity contribution in [3.05, 3.63) is 66.2 Å². The first kappa shape index (κ1) is 12.8. The molecule has 2 rings (SSSR count). The van der Waals surface area contributed by atoms with E-state index in [1.165, 1.54) is 0 Å². The average molecular weight is 253 g/mol. The van der Waals surface area contributed by atoms with Crippen LogP contribution >= 0.6 is 0 Å². The van der Waals surface area contributed by atoms with Crippen molar-refractivity contribution >= 4 is 17.8 Å². The molecule has 0 atom stereocenters. The molecule has 0 radical (unpaired) electrons. The maximum absolute atomic E-state index is 11.5. The lowest BCUT2D eigenvalue weighted by Gasteiger charge is -2.04. The molecule has 4 nitrogen and oxygen atoms in total. The summed E-state index contributed by atoms with van der Waals surface area (Å²) in [6, 6.07) is 19.1. The quantitative estimate of drug-likeness (QED) is 0.634. The topological polar surface area (TPSA) is 53.5 Å². The average Bonchev–Trinajstić information content (AvgIpc) is 2.47. The normalized spacial score (nSPS) is 10.3. The van der Waals surface area contributed by atoms with Gasteiger partial charge in [0.05, 0.1) is 12.8 Å². The van der Waals surface area contributed by atoms with Crippen molar-refractivity contribution < 1.29 is 4.79 Å². The van der Waals surface area contributed by atoms with E-state index >= 15 is 0 Å². The molecule has 0 unspecified atom stereocenters.